The van der Waals surface area contributed by atoms with Crippen molar-refractivity contribution in [3.63, 3.8) is 0 Å². The van der Waals surface area contributed by atoms with E-state index in [1.165, 1.54) is 24.3 Å². The summed E-state index contributed by atoms with van der Waals surface area (Å²) in [5.74, 6) is -1.42. The first-order valence-corrected chi connectivity index (χ1v) is 8.26. The van der Waals surface area contributed by atoms with Crippen LogP contribution in [0.4, 0.5) is 18.0 Å². The van der Waals surface area contributed by atoms with Crippen molar-refractivity contribution < 1.29 is 32.0 Å². The van der Waals surface area contributed by atoms with Crippen molar-refractivity contribution in [3.8, 4) is 11.3 Å². The highest BCUT2D eigenvalue weighted by Gasteiger charge is 2.37. The molecule has 146 valence electrons. The number of halogens is 3. The van der Waals surface area contributed by atoms with Crippen LogP contribution in [0.15, 0.2) is 46.4 Å². The van der Waals surface area contributed by atoms with Gasteiger partial charge in [0.05, 0.1) is 5.56 Å². The van der Waals surface area contributed by atoms with Gasteiger partial charge in [-0.25, -0.2) is 4.79 Å². The fourth-order valence-electron chi connectivity index (χ4n) is 2.72. The SMILES string of the molecule is CC(C)N1C(=O)NC(=O)C(=Cc2ccc(-c3cccc(C(F)(F)F)c3)o2)C1=O. The standard InChI is InChI=1S/C19H15F3N2O4/c1-10(2)24-17(26)14(16(25)23-18(24)27)9-13-6-7-15(28-13)11-4-3-5-12(8-11)19(20,21)22/h3-10H,1-2H3,(H,23,25,27). The Balaban J connectivity index is 1.93. The zero-order valence-corrected chi connectivity index (χ0v) is 14.8. The number of rotatable bonds is 3. The molecule has 2 aromatic rings. The topological polar surface area (TPSA) is 79.6 Å². The van der Waals surface area contributed by atoms with E-state index in [4.69, 9.17) is 4.42 Å². The number of nitrogens with zero attached hydrogens (tertiary/aromatic N) is 1. The molecule has 0 atom stereocenters. The predicted molar refractivity (Wildman–Crippen MR) is 92.6 cm³/mol. The van der Waals surface area contributed by atoms with E-state index in [0.29, 0.717) is 0 Å². The molecule has 1 fully saturated rings. The van der Waals surface area contributed by atoms with Gasteiger partial charge in [-0.2, -0.15) is 13.2 Å². The molecular formula is C19H15F3N2O4. The van der Waals surface area contributed by atoms with E-state index in [1.807, 2.05) is 0 Å². The summed E-state index contributed by atoms with van der Waals surface area (Å²) in [6.07, 6.45) is -3.34. The largest absolute Gasteiger partial charge is 0.457 e. The van der Waals surface area contributed by atoms with Gasteiger partial charge >= 0.3 is 12.2 Å². The van der Waals surface area contributed by atoms with Crippen LogP contribution in [0.1, 0.15) is 25.2 Å². The number of urea groups is 1. The fraction of sp³-hybridized carbons (Fsp3) is 0.211. The Morgan fingerprint density at radius 2 is 1.82 bits per heavy atom. The number of amides is 4. The van der Waals surface area contributed by atoms with Gasteiger partial charge in [-0.15, -0.1) is 0 Å². The van der Waals surface area contributed by atoms with Gasteiger partial charge in [0.1, 0.15) is 17.1 Å². The molecule has 1 N–H and O–H groups in total. The number of hydrogen-bond acceptors (Lipinski definition) is 4. The molecule has 0 saturated carbocycles. The third-order valence-electron chi connectivity index (χ3n) is 4.04. The van der Waals surface area contributed by atoms with Gasteiger partial charge in [0, 0.05) is 11.6 Å². The first-order chi connectivity index (χ1) is 13.1. The second-order valence-corrected chi connectivity index (χ2v) is 6.37. The van der Waals surface area contributed by atoms with E-state index in [2.05, 4.69) is 5.32 Å². The summed E-state index contributed by atoms with van der Waals surface area (Å²) < 4.78 is 44.1. The molecule has 1 aromatic carbocycles. The molecule has 1 aliphatic heterocycles. The van der Waals surface area contributed by atoms with Gasteiger partial charge in [-0.05, 0) is 44.2 Å². The third kappa shape index (κ3) is 3.68. The quantitative estimate of drug-likeness (QED) is 0.636. The predicted octanol–water partition coefficient (Wildman–Crippen LogP) is 3.84. The van der Waals surface area contributed by atoms with Crippen LogP contribution < -0.4 is 5.32 Å². The van der Waals surface area contributed by atoms with Crippen LogP contribution in [0.5, 0.6) is 0 Å². The lowest BCUT2D eigenvalue weighted by Gasteiger charge is -2.29. The Morgan fingerprint density at radius 1 is 1.11 bits per heavy atom. The first kappa shape index (κ1) is 19.4. The minimum absolute atomic E-state index is 0.0870. The molecule has 1 saturated heterocycles. The van der Waals surface area contributed by atoms with Crippen molar-refractivity contribution in [1.82, 2.24) is 10.2 Å². The van der Waals surface area contributed by atoms with E-state index in [9.17, 15) is 27.6 Å². The van der Waals surface area contributed by atoms with Gasteiger partial charge in [0.2, 0.25) is 0 Å². The number of barbiturate groups is 1. The second-order valence-electron chi connectivity index (χ2n) is 6.37. The van der Waals surface area contributed by atoms with E-state index in [0.717, 1.165) is 23.1 Å². The highest BCUT2D eigenvalue weighted by atomic mass is 19.4. The van der Waals surface area contributed by atoms with Gasteiger partial charge in [0.15, 0.2) is 0 Å². The molecule has 1 aliphatic rings. The molecule has 0 bridgehead atoms. The lowest BCUT2D eigenvalue weighted by molar-refractivity contribution is -0.137. The number of imide groups is 2. The van der Waals surface area contributed by atoms with E-state index >= 15 is 0 Å². The zero-order chi connectivity index (χ0) is 20.6. The molecule has 2 heterocycles. The molecule has 9 heteroatoms. The Morgan fingerprint density at radius 3 is 2.46 bits per heavy atom. The summed E-state index contributed by atoms with van der Waals surface area (Å²) in [7, 11) is 0. The Hall–Kier alpha value is -3.36. The first-order valence-electron chi connectivity index (χ1n) is 8.26. The minimum atomic E-state index is -4.49. The van der Waals surface area contributed by atoms with E-state index in [-0.39, 0.29) is 22.7 Å². The van der Waals surface area contributed by atoms with Gasteiger partial charge < -0.3 is 4.42 Å². The lowest BCUT2D eigenvalue weighted by atomic mass is 10.1. The Labute approximate surface area is 157 Å². The van der Waals surface area contributed by atoms with Crippen LogP contribution in [0.2, 0.25) is 0 Å². The number of benzene rings is 1. The summed E-state index contributed by atoms with van der Waals surface area (Å²) in [6.45, 7) is 3.23. The smallest absolute Gasteiger partial charge is 0.416 e. The number of carbonyl (C=O) groups is 3. The number of nitrogens with one attached hydrogen (secondary N) is 1. The van der Waals surface area contributed by atoms with Gasteiger partial charge in [-0.1, -0.05) is 12.1 Å². The molecule has 0 spiro atoms. The van der Waals surface area contributed by atoms with Crippen molar-refractivity contribution >= 4 is 23.9 Å². The third-order valence-corrected chi connectivity index (χ3v) is 4.04. The lowest BCUT2D eigenvalue weighted by Crippen LogP contribution is -2.56. The van der Waals surface area contributed by atoms with Crippen molar-refractivity contribution in [2.45, 2.75) is 26.1 Å². The summed E-state index contributed by atoms with van der Waals surface area (Å²) >= 11 is 0. The highest BCUT2D eigenvalue weighted by molar-refractivity contribution is 6.31. The second kappa shape index (κ2) is 6.99. The minimum Gasteiger partial charge on any atom is -0.457 e. The van der Waals surface area contributed by atoms with Crippen LogP contribution in [-0.2, 0) is 15.8 Å². The summed E-state index contributed by atoms with van der Waals surface area (Å²) in [6, 6.07) is 6.14. The van der Waals surface area contributed by atoms with Crippen LogP contribution >= 0.6 is 0 Å². The van der Waals surface area contributed by atoms with Gasteiger partial charge in [-0.3, -0.25) is 19.8 Å². The molecule has 6 nitrogen and oxygen atoms in total. The van der Waals surface area contributed by atoms with Crippen LogP contribution in [-0.4, -0.2) is 28.8 Å². The normalized spacial score (nSPS) is 16.9. The number of furan rings is 1. The highest BCUT2D eigenvalue weighted by Crippen LogP contribution is 2.33. The number of alkyl halides is 3. The van der Waals surface area contributed by atoms with Crippen LogP contribution in [0, 0.1) is 0 Å². The summed E-state index contributed by atoms with van der Waals surface area (Å²) in [5, 5.41) is 2.07. The van der Waals surface area contributed by atoms with Crippen molar-refractivity contribution in [2.75, 3.05) is 0 Å². The van der Waals surface area contributed by atoms with Crippen molar-refractivity contribution in [3.05, 3.63) is 53.3 Å². The molecule has 0 aliphatic carbocycles. The number of carbonyl (C=O) groups excluding carboxylic acids is 3. The van der Waals surface area contributed by atoms with E-state index < -0.39 is 35.6 Å². The van der Waals surface area contributed by atoms with Gasteiger partial charge in [0.25, 0.3) is 11.8 Å². The zero-order valence-electron chi connectivity index (χ0n) is 14.8. The summed E-state index contributed by atoms with van der Waals surface area (Å²) in [5.41, 5.74) is -0.939. The maximum Gasteiger partial charge on any atom is 0.416 e. The maximum atomic E-state index is 12.9. The monoisotopic (exact) mass is 392 g/mol. The summed E-state index contributed by atoms with van der Waals surface area (Å²) in [4.78, 5) is 37.1. The van der Waals surface area contributed by atoms with Crippen molar-refractivity contribution in [2.24, 2.45) is 0 Å². The molecule has 3 rings (SSSR count). The number of hydrogen-bond donors (Lipinski definition) is 1. The molecule has 4 amide bonds. The molecule has 0 radical (unpaired) electrons. The van der Waals surface area contributed by atoms with E-state index in [1.54, 1.807) is 13.8 Å². The maximum absolute atomic E-state index is 12.9. The molecular weight excluding hydrogens is 377 g/mol. The van der Waals surface area contributed by atoms with Crippen LogP contribution in [0.25, 0.3) is 17.4 Å². The Kier molecular flexibility index (Phi) is 4.84. The average molecular weight is 392 g/mol. The molecule has 1 aromatic heterocycles. The Bertz CT molecular complexity index is 989. The van der Waals surface area contributed by atoms with Crippen LogP contribution in [0.3, 0.4) is 0 Å². The average Bonchev–Trinajstić information content (AvgIpc) is 3.06. The fourth-order valence-corrected chi connectivity index (χ4v) is 2.72. The molecule has 28 heavy (non-hydrogen) atoms. The van der Waals surface area contributed by atoms with Crippen molar-refractivity contribution in [1.29, 1.82) is 0 Å². The molecule has 0 unspecified atom stereocenters.